The van der Waals surface area contributed by atoms with Crippen molar-refractivity contribution in [2.24, 2.45) is 11.1 Å². The van der Waals surface area contributed by atoms with E-state index in [4.69, 9.17) is 22.4 Å². The van der Waals surface area contributed by atoms with Gasteiger partial charge in [-0.05, 0) is 55.5 Å². The van der Waals surface area contributed by atoms with Crippen molar-refractivity contribution in [2.75, 3.05) is 6.61 Å². The zero-order valence-corrected chi connectivity index (χ0v) is 15.3. The lowest BCUT2D eigenvalue weighted by molar-refractivity contribution is -0.149. The fraction of sp³-hybridized carbons (Fsp3) is 0.350. The number of benzene rings is 2. The van der Waals surface area contributed by atoms with E-state index in [2.05, 4.69) is 0 Å². The second kappa shape index (κ2) is 8.62. The molecule has 0 bridgehead atoms. The van der Waals surface area contributed by atoms with Gasteiger partial charge in [0.05, 0.1) is 5.41 Å². The highest BCUT2D eigenvalue weighted by atomic mass is 35.5. The third kappa shape index (κ3) is 5.04. The van der Waals surface area contributed by atoms with Gasteiger partial charge in [0.25, 0.3) is 0 Å². The van der Waals surface area contributed by atoms with Crippen LogP contribution in [0.5, 0.6) is 0 Å². The second-order valence-corrected chi connectivity index (χ2v) is 7.27. The second-order valence-electron chi connectivity index (χ2n) is 6.83. The number of halogens is 2. The number of rotatable bonds is 8. The van der Waals surface area contributed by atoms with E-state index >= 15 is 0 Å². The Morgan fingerprint density at radius 2 is 1.92 bits per heavy atom. The van der Waals surface area contributed by atoms with Crippen molar-refractivity contribution in [1.29, 1.82) is 0 Å². The molecule has 0 saturated heterocycles. The number of hydrogen-bond acceptors (Lipinski definition) is 3. The number of hydrogen-bond donors (Lipinski definition) is 3. The summed E-state index contributed by atoms with van der Waals surface area (Å²) in [4.78, 5) is 11.4. The van der Waals surface area contributed by atoms with Crippen molar-refractivity contribution < 1.29 is 19.4 Å². The molecule has 26 heavy (non-hydrogen) atoms. The molecule has 0 unspecified atom stereocenters. The van der Waals surface area contributed by atoms with Gasteiger partial charge in [-0.1, -0.05) is 35.9 Å². The molecule has 0 heterocycles. The zero-order chi connectivity index (χ0) is 19.3. The lowest BCUT2D eigenvalue weighted by Gasteiger charge is -2.27. The number of aliphatic carboxylic acids is 1. The van der Waals surface area contributed by atoms with E-state index in [0.29, 0.717) is 22.6 Å². The molecule has 6 heteroatoms. The van der Waals surface area contributed by atoms with Gasteiger partial charge in [0.1, 0.15) is 5.82 Å². The average molecular weight is 380 g/mol. The summed E-state index contributed by atoms with van der Waals surface area (Å²) in [5.74, 6) is -1.31. The molecule has 0 amide bonds. The molecule has 0 aliphatic rings. The molecule has 4 N–H and O–H groups in total. The normalized spacial score (nSPS) is 14.7. The highest BCUT2D eigenvalue weighted by Crippen LogP contribution is 2.29. The van der Waals surface area contributed by atoms with Gasteiger partial charge < -0.3 is 15.9 Å². The largest absolute Gasteiger partial charge is 0.481 e. The summed E-state index contributed by atoms with van der Waals surface area (Å²) in [6.45, 7) is 1.39. The van der Waals surface area contributed by atoms with Crippen molar-refractivity contribution in [3.05, 3.63) is 58.9 Å². The highest BCUT2D eigenvalue weighted by molar-refractivity contribution is 6.30. The number of aliphatic hydroxyl groups is 1. The fourth-order valence-corrected chi connectivity index (χ4v) is 3.21. The summed E-state index contributed by atoms with van der Waals surface area (Å²) in [6.07, 6.45) is 0.906. The predicted octanol–water partition coefficient (Wildman–Crippen LogP) is 3.88. The average Bonchev–Trinajstić information content (AvgIpc) is 2.57. The number of aliphatic hydroxyl groups excluding tert-OH is 1. The summed E-state index contributed by atoms with van der Waals surface area (Å²) in [6, 6.07) is 11.3. The molecule has 2 aromatic rings. The Morgan fingerprint density at radius 3 is 2.50 bits per heavy atom. The maximum Gasteiger partial charge on any atom is 0.309 e. The van der Waals surface area contributed by atoms with E-state index in [1.165, 1.54) is 12.1 Å². The fourth-order valence-electron chi connectivity index (χ4n) is 3.04. The summed E-state index contributed by atoms with van der Waals surface area (Å²) in [5, 5.41) is 18.9. The summed E-state index contributed by atoms with van der Waals surface area (Å²) >= 11 is 5.93. The lowest BCUT2D eigenvalue weighted by Crippen LogP contribution is -2.37. The molecule has 0 aliphatic heterocycles. The van der Waals surface area contributed by atoms with Crippen LogP contribution in [0.25, 0.3) is 11.1 Å². The van der Waals surface area contributed by atoms with Crippen LogP contribution in [0.2, 0.25) is 5.02 Å². The smallest absolute Gasteiger partial charge is 0.309 e. The quantitative estimate of drug-likeness (QED) is 0.650. The molecule has 0 saturated carbocycles. The third-order valence-corrected chi connectivity index (χ3v) is 4.82. The predicted molar refractivity (Wildman–Crippen MR) is 101 cm³/mol. The first-order chi connectivity index (χ1) is 12.2. The van der Waals surface area contributed by atoms with Gasteiger partial charge in [-0.2, -0.15) is 0 Å². The Labute approximate surface area is 157 Å². The van der Waals surface area contributed by atoms with Crippen LogP contribution in [0.4, 0.5) is 4.39 Å². The topological polar surface area (TPSA) is 83.5 Å². The highest BCUT2D eigenvalue weighted by Gasteiger charge is 2.34. The van der Waals surface area contributed by atoms with Gasteiger partial charge in [-0.25, -0.2) is 4.39 Å². The standard InChI is InChI=1S/C20H23ClFNO3/c1-20(8-9-24,19(25)26)12-16(23)10-13-2-4-14(5-3-13)17-11-15(21)6-7-18(17)22/h2-7,11,16,24H,8-10,12,23H2,1H3,(H,25,26)/t16-,20-/m1/s1. The molecule has 0 radical (unpaired) electrons. The first-order valence-corrected chi connectivity index (χ1v) is 8.77. The van der Waals surface area contributed by atoms with E-state index < -0.39 is 11.4 Å². The number of carbonyl (C=O) groups is 1. The van der Waals surface area contributed by atoms with E-state index in [1.54, 1.807) is 25.1 Å². The Hall–Kier alpha value is -1.95. The molecule has 2 rings (SSSR count). The van der Waals surface area contributed by atoms with Crippen LogP contribution >= 0.6 is 11.6 Å². The van der Waals surface area contributed by atoms with Crippen molar-refractivity contribution >= 4 is 17.6 Å². The molecule has 140 valence electrons. The van der Waals surface area contributed by atoms with Crippen molar-refractivity contribution in [2.45, 2.75) is 32.2 Å². The summed E-state index contributed by atoms with van der Waals surface area (Å²) < 4.78 is 13.9. The van der Waals surface area contributed by atoms with Crippen LogP contribution in [0, 0.1) is 11.2 Å². The molecule has 0 aromatic heterocycles. The number of carboxylic acid groups (broad SMARTS) is 1. The molecule has 0 fully saturated rings. The van der Waals surface area contributed by atoms with Gasteiger partial charge in [0.15, 0.2) is 0 Å². The Kier molecular flexibility index (Phi) is 6.75. The lowest BCUT2D eigenvalue weighted by atomic mass is 9.79. The molecular formula is C20H23ClFNO3. The molecule has 2 atom stereocenters. The molecule has 4 nitrogen and oxygen atoms in total. The SMILES string of the molecule is C[C@@](CCO)(C[C@H](N)Cc1ccc(-c2cc(Cl)ccc2F)cc1)C(=O)O. The Balaban J connectivity index is 2.09. The van der Waals surface area contributed by atoms with Crippen molar-refractivity contribution in [1.82, 2.24) is 0 Å². The number of carboxylic acids is 1. The minimum absolute atomic E-state index is 0.156. The summed E-state index contributed by atoms with van der Waals surface area (Å²) in [5.41, 5.74) is 7.14. The van der Waals surface area contributed by atoms with Crippen LogP contribution in [0.3, 0.4) is 0 Å². The number of nitrogens with two attached hydrogens (primary N) is 1. The molecule has 2 aromatic carbocycles. The third-order valence-electron chi connectivity index (χ3n) is 4.58. The first-order valence-electron chi connectivity index (χ1n) is 8.39. The van der Waals surface area contributed by atoms with Crippen LogP contribution in [0.1, 0.15) is 25.3 Å². The first kappa shape index (κ1) is 20.4. The van der Waals surface area contributed by atoms with E-state index in [1.807, 2.05) is 12.1 Å². The van der Waals surface area contributed by atoms with Crippen molar-refractivity contribution in [3.63, 3.8) is 0 Å². The Morgan fingerprint density at radius 1 is 1.27 bits per heavy atom. The zero-order valence-electron chi connectivity index (χ0n) is 14.6. The van der Waals surface area contributed by atoms with E-state index in [-0.39, 0.29) is 31.3 Å². The van der Waals surface area contributed by atoms with Gasteiger partial charge in [0, 0.05) is 23.2 Å². The van der Waals surface area contributed by atoms with Crippen LogP contribution in [-0.4, -0.2) is 28.8 Å². The maximum atomic E-state index is 13.9. The molecule has 0 spiro atoms. The van der Waals surface area contributed by atoms with Gasteiger partial charge in [-0.15, -0.1) is 0 Å². The van der Waals surface area contributed by atoms with Crippen LogP contribution < -0.4 is 5.73 Å². The van der Waals surface area contributed by atoms with Gasteiger partial charge >= 0.3 is 5.97 Å². The maximum absolute atomic E-state index is 13.9. The monoisotopic (exact) mass is 379 g/mol. The van der Waals surface area contributed by atoms with Crippen LogP contribution in [-0.2, 0) is 11.2 Å². The minimum Gasteiger partial charge on any atom is -0.481 e. The van der Waals surface area contributed by atoms with E-state index in [0.717, 1.165) is 5.56 Å². The molecular weight excluding hydrogens is 357 g/mol. The van der Waals surface area contributed by atoms with Gasteiger partial charge in [0.2, 0.25) is 0 Å². The molecule has 0 aliphatic carbocycles. The van der Waals surface area contributed by atoms with Crippen LogP contribution in [0.15, 0.2) is 42.5 Å². The van der Waals surface area contributed by atoms with E-state index in [9.17, 15) is 14.3 Å². The minimum atomic E-state index is -1.06. The Bertz CT molecular complexity index is 766. The summed E-state index contributed by atoms with van der Waals surface area (Å²) in [7, 11) is 0. The van der Waals surface area contributed by atoms with Crippen molar-refractivity contribution in [3.8, 4) is 11.1 Å². The van der Waals surface area contributed by atoms with Gasteiger partial charge in [-0.3, -0.25) is 4.79 Å².